The SMILES string of the molecule is O=C(O)/C=C\C(=O)OC1CCCCC1. The van der Waals surface area contributed by atoms with E-state index >= 15 is 0 Å². The molecule has 0 saturated heterocycles. The lowest BCUT2D eigenvalue weighted by Crippen LogP contribution is -2.19. The summed E-state index contributed by atoms with van der Waals surface area (Å²) in [6.07, 6.45) is 6.89. The summed E-state index contributed by atoms with van der Waals surface area (Å²) >= 11 is 0. The van der Waals surface area contributed by atoms with Crippen LogP contribution >= 0.6 is 0 Å². The fourth-order valence-electron chi connectivity index (χ4n) is 1.53. The van der Waals surface area contributed by atoms with Crippen molar-refractivity contribution in [2.24, 2.45) is 0 Å². The van der Waals surface area contributed by atoms with Crippen molar-refractivity contribution in [1.82, 2.24) is 0 Å². The Morgan fingerprint density at radius 2 is 1.79 bits per heavy atom. The van der Waals surface area contributed by atoms with Crippen molar-refractivity contribution in [3.63, 3.8) is 0 Å². The minimum atomic E-state index is -1.13. The number of carboxylic acid groups (broad SMARTS) is 1. The van der Waals surface area contributed by atoms with Gasteiger partial charge in [0.2, 0.25) is 0 Å². The molecule has 0 aromatic heterocycles. The molecule has 1 saturated carbocycles. The number of rotatable bonds is 3. The van der Waals surface area contributed by atoms with E-state index in [1.165, 1.54) is 6.42 Å². The molecule has 0 aliphatic heterocycles. The maximum absolute atomic E-state index is 11.0. The molecular formula is C10H14O4. The Balaban J connectivity index is 2.28. The van der Waals surface area contributed by atoms with Crippen molar-refractivity contribution in [2.75, 3.05) is 0 Å². The van der Waals surface area contributed by atoms with Crippen LogP contribution in [0.1, 0.15) is 32.1 Å². The molecule has 0 amide bonds. The molecule has 78 valence electrons. The van der Waals surface area contributed by atoms with Crippen LogP contribution in [0.5, 0.6) is 0 Å². The van der Waals surface area contributed by atoms with Gasteiger partial charge in [-0.3, -0.25) is 0 Å². The second kappa shape index (κ2) is 5.42. The number of ether oxygens (including phenoxy) is 1. The summed E-state index contributed by atoms with van der Waals surface area (Å²) in [7, 11) is 0. The highest BCUT2D eigenvalue weighted by atomic mass is 16.5. The fourth-order valence-corrected chi connectivity index (χ4v) is 1.53. The zero-order valence-corrected chi connectivity index (χ0v) is 7.94. The predicted molar refractivity (Wildman–Crippen MR) is 49.7 cm³/mol. The number of carboxylic acids is 1. The van der Waals surface area contributed by atoms with Crippen molar-refractivity contribution in [2.45, 2.75) is 38.2 Å². The molecule has 1 rings (SSSR count). The van der Waals surface area contributed by atoms with E-state index in [-0.39, 0.29) is 6.10 Å². The van der Waals surface area contributed by atoms with Gasteiger partial charge in [-0.25, -0.2) is 9.59 Å². The molecule has 0 aromatic rings. The van der Waals surface area contributed by atoms with Crippen LogP contribution in [0.4, 0.5) is 0 Å². The number of esters is 1. The first kappa shape index (κ1) is 10.8. The average Bonchev–Trinajstić information content (AvgIpc) is 2.16. The molecule has 1 aliphatic rings. The summed E-state index contributed by atoms with van der Waals surface area (Å²) in [6.45, 7) is 0. The van der Waals surface area contributed by atoms with Crippen LogP contribution in [0.2, 0.25) is 0 Å². The number of carbonyl (C=O) groups excluding carboxylic acids is 1. The average molecular weight is 198 g/mol. The van der Waals surface area contributed by atoms with E-state index < -0.39 is 11.9 Å². The summed E-state index contributed by atoms with van der Waals surface area (Å²) in [5.41, 5.74) is 0. The third kappa shape index (κ3) is 4.07. The van der Waals surface area contributed by atoms with Gasteiger partial charge < -0.3 is 9.84 Å². The maximum Gasteiger partial charge on any atom is 0.331 e. The number of hydrogen-bond donors (Lipinski definition) is 1. The highest BCUT2D eigenvalue weighted by molar-refractivity contribution is 5.90. The fraction of sp³-hybridized carbons (Fsp3) is 0.600. The molecule has 1 N–H and O–H groups in total. The molecule has 1 aliphatic carbocycles. The Hall–Kier alpha value is -1.32. The van der Waals surface area contributed by atoms with Gasteiger partial charge in [-0.2, -0.15) is 0 Å². The summed E-state index contributed by atoms with van der Waals surface area (Å²) in [6, 6.07) is 0. The van der Waals surface area contributed by atoms with E-state index in [0.717, 1.165) is 37.8 Å². The zero-order chi connectivity index (χ0) is 10.4. The van der Waals surface area contributed by atoms with Crippen LogP contribution in [0.3, 0.4) is 0 Å². The van der Waals surface area contributed by atoms with Gasteiger partial charge in [0, 0.05) is 12.2 Å². The van der Waals surface area contributed by atoms with Gasteiger partial charge in [0.15, 0.2) is 0 Å². The summed E-state index contributed by atoms with van der Waals surface area (Å²) in [5, 5.41) is 8.27. The zero-order valence-electron chi connectivity index (χ0n) is 7.94. The van der Waals surface area contributed by atoms with Gasteiger partial charge in [-0.15, -0.1) is 0 Å². The van der Waals surface area contributed by atoms with Gasteiger partial charge in [0.25, 0.3) is 0 Å². The Morgan fingerprint density at radius 1 is 1.14 bits per heavy atom. The highest BCUT2D eigenvalue weighted by Crippen LogP contribution is 2.20. The molecule has 0 unspecified atom stereocenters. The molecule has 4 heteroatoms. The van der Waals surface area contributed by atoms with Crippen LogP contribution in [-0.2, 0) is 14.3 Å². The Bertz CT molecular complexity index is 239. The second-order valence-electron chi connectivity index (χ2n) is 3.37. The quantitative estimate of drug-likeness (QED) is 0.551. The van der Waals surface area contributed by atoms with Crippen LogP contribution < -0.4 is 0 Å². The van der Waals surface area contributed by atoms with Crippen LogP contribution in [0.15, 0.2) is 12.2 Å². The van der Waals surface area contributed by atoms with E-state index in [0.29, 0.717) is 0 Å². The smallest absolute Gasteiger partial charge is 0.331 e. The van der Waals surface area contributed by atoms with Gasteiger partial charge >= 0.3 is 11.9 Å². The molecule has 4 nitrogen and oxygen atoms in total. The molecule has 0 radical (unpaired) electrons. The first-order valence-electron chi connectivity index (χ1n) is 4.80. The molecule has 0 heterocycles. The Labute approximate surface area is 82.6 Å². The van der Waals surface area contributed by atoms with Crippen molar-refractivity contribution >= 4 is 11.9 Å². The molecule has 14 heavy (non-hydrogen) atoms. The minimum Gasteiger partial charge on any atom is -0.478 e. The second-order valence-corrected chi connectivity index (χ2v) is 3.37. The van der Waals surface area contributed by atoms with Crippen molar-refractivity contribution in [1.29, 1.82) is 0 Å². The van der Waals surface area contributed by atoms with Crippen LogP contribution in [0, 0.1) is 0 Å². The molecule has 0 bridgehead atoms. The normalized spacial score (nSPS) is 18.3. The Morgan fingerprint density at radius 3 is 2.36 bits per heavy atom. The van der Waals surface area contributed by atoms with E-state index in [9.17, 15) is 9.59 Å². The van der Waals surface area contributed by atoms with E-state index in [4.69, 9.17) is 9.84 Å². The standard InChI is InChI=1S/C10H14O4/c11-9(12)6-7-10(13)14-8-4-2-1-3-5-8/h6-8H,1-5H2,(H,11,12)/b7-6-. The van der Waals surface area contributed by atoms with E-state index in [2.05, 4.69) is 0 Å². The first-order chi connectivity index (χ1) is 6.68. The van der Waals surface area contributed by atoms with Crippen LogP contribution in [0.25, 0.3) is 0 Å². The molecular weight excluding hydrogens is 184 g/mol. The Kier molecular flexibility index (Phi) is 4.16. The topological polar surface area (TPSA) is 63.6 Å². The monoisotopic (exact) mass is 198 g/mol. The highest BCUT2D eigenvalue weighted by Gasteiger charge is 2.16. The van der Waals surface area contributed by atoms with Crippen LogP contribution in [-0.4, -0.2) is 23.1 Å². The summed E-state index contributed by atoms with van der Waals surface area (Å²) < 4.78 is 5.05. The summed E-state index contributed by atoms with van der Waals surface area (Å²) in [5.74, 6) is -1.69. The third-order valence-electron chi connectivity index (χ3n) is 2.20. The lowest BCUT2D eigenvalue weighted by Gasteiger charge is -2.20. The van der Waals surface area contributed by atoms with Crippen molar-refractivity contribution < 1.29 is 19.4 Å². The summed E-state index contributed by atoms with van der Waals surface area (Å²) in [4.78, 5) is 21.1. The number of hydrogen-bond acceptors (Lipinski definition) is 3. The largest absolute Gasteiger partial charge is 0.478 e. The molecule has 0 aromatic carbocycles. The van der Waals surface area contributed by atoms with E-state index in [1.54, 1.807) is 0 Å². The molecule has 0 atom stereocenters. The molecule has 0 spiro atoms. The minimum absolute atomic E-state index is 0.0188. The van der Waals surface area contributed by atoms with Gasteiger partial charge in [0.1, 0.15) is 6.10 Å². The van der Waals surface area contributed by atoms with Gasteiger partial charge in [-0.1, -0.05) is 6.42 Å². The lowest BCUT2D eigenvalue weighted by molar-refractivity contribution is -0.144. The maximum atomic E-state index is 11.0. The predicted octanol–water partition coefficient (Wildman–Crippen LogP) is 1.50. The molecule has 1 fully saturated rings. The van der Waals surface area contributed by atoms with Crippen molar-refractivity contribution in [3.05, 3.63) is 12.2 Å². The van der Waals surface area contributed by atoms with Gasteiger partial charge in [-0.05, 0) is 25.7 Å². The first-order valence-corrected chi connectivity index (χ1v) is 4.80. The third-order valence-corrected chi connectivity index (χ3v) is 2.20. The van der Waals surface area contributed by atoms with E-state index in [1.807, 2.05) is 0 Å². The van der Waals surface area contributed by atoms with Gasteiger partial charge in [0.05, 0.1) is 0 Å². The number of carbonyl (C=O) groups is 2. The number of aliphatic carboxylic acids is 1. The lowest BCUT2D eigenvalue weighted by atomic mass is 9.98. The van der Waals surface area contributed by atoms with Crippen molar-refractivity contribution in [3.8, 4) is 0 Å².